The number of nitrogens with two attached hydrogens (primary N) is 1. The Hall–Kier alpha value is -1.10. The Morgan fingerprint density at radius 2 is 1.93 bits per heavy atom. The summed E-state index contributed by atoms with van der Waals surface area (Å²) in [5, 5.41) is 7.79. The quantitative estimate of drug-likeness (QED) is 0.743. The Bertz CT molecular complexity index is 305. The van der Waals surface area contributed by atoms with Crippen LogP contribution in [0.3, 0.4) is 0 Å². The summed E-state index contributed by atoms with van der Waals surface area (Å²) in [6.45, 7) is 0.227. The number of carboxylic acids is 1. The van der Waals surface area contributed by atoms with E-state index in [0.29, 0.717) is 0 Å². The molecule has 4 nitrogen and oxygen atoms in total. The number of alkyl halides is 1. The molecule has 0 aromatic heterocycles. The van der Waals surface area contributed by atoms with E-state index in [2.05, 4.69) is 0 Å². The fourth-order valence-electron chi connectivity index (χ4n) is 1.30. The van der Waals surface area contributed by atoms with Gasteiger partial charge in [0.15, 0.2) is 0 Å². The van der Waals surface area contributed by atoms with E-state index in [0.717, 1.165) is 5.56 Å². The molecule has 0 saturated carbocycles. The number of benzene rings is 1. The van der Waals surface area contributed by atoms with Crippen LogP contribution < -0.4 is 5.73 Å². The van der Waals surface area contributed by atoms with Gasteiger partial charge in [-0.3, -0.25) is 4.79 Å². The maximum atomic E-state index is 10.7. The highest BCUT2D eigenvalue weighted by molar-refractivity contribution is 6.30. The van der Waals surface area contributed by atoms with Crippen molar-refractivity contribution < 1.29 is 15.4 Å². The van der Waals surface area contributed by atoms with Crippen LogP contribution in [0, 0.1) is 0 Å². The molecule has 1 aromatic carbocycles. The molecule has 0 amide bonds. The fourth-order valence-corrected chi connectivity index (χ4v) is 1.55. The molecule has 2 unspecified atom stereocenters. The van der Waals surface area contributed by atoms with Crippen LogP contribution in [0.1, 0.15) is 11.5 Å². The summed E-state index contributed by atoms with van der Waals surface area (Å²) in [7, 11) is 0. The zero-order valence-electron chi connectivity index (χ0n) is 8.06. The van der Waals surface area contributed by atoms with Gasteiger partial charge in [-0.05, 0) is 5.56 Å². The molecule has 5 heteroatoms. The van der Waals surface area contributed by atoms with Crippen molar-refractivity contribution in [3.8, 4) is 0 Å². The standard InChI is InChI=1S/C10H12ClNO2.H2O/c11-9(10(13)14)8(6-12)7-4-2-1-3-5-7;/h1-5,8-9H,6,12H2,(H,13,14);1H2. The van der Waals surface area contributed by atoms with E-state index in [4.69, 9.17) is 22.4 Å². The van der Waals surface area contributed by atoms with Crippen LogP contribution >= 0.6 is 11.6 Å². The summed E-state index contributed by atoms with van der Waals surface area (Å²) in [6.07, 6.45) is 0. The number of aliphatic carboxylic acids is 1. The molecule has 15 heavy (non-hydrogen) atoms. The molecule has 0 saturated heterocycles. The number of carboxylic acid groups (broad SMARTS) is 1. The van der Waals surface area contributed by atoms with E-state index >= 15 is 0 Å². The van der Waals surface area contributed by atoms with Crippen LogP contribution in [0.5, 0.6) is 0 Å². The van der Waals surface area contributed by atoms with Crippen molar-refractivity contribution in [3.05, 3.63) is 35.9 Å². The Balaban J connectivity index is 0.00000196. The molecule has 0 aliphatic carbocycles. The van der Waals surface area contributed by atoms with Gasteiger partial charge in [-0.15, -0.1) is 11.6 Å². The lowest BCUT2D eigenvalue weighted by atomic mass is 9.95. The van der Waals surface area contributed by atoms with Crippen molar-refractivity contribution in [1.29, 1.82) is 0 Å². The topological polar surface area (TPSA) is 94.8 Å². The Morgan fingerprint density at radius 1 is 1.40 bits per heavy atom. The lowest BCUT2D eigenvalue weighted by molar-refractivity contribution is -0.137. The zero-order chi connectivity index (χ0) is 10.6. The number of halogens is 1. The van der Waals surface area contributed by atoms with E-state index in [1.54, 1.807) is 0 Å². The van der Waals surface area contributed by atoms with Gasteiger partial charge < -0.3 is 16.3 Å². The first-order valence-corrected chi connectivity index (χ1v) is 4.72. The minimum absolute atomic E-state index is 0. The van der Waals surface area contributed by atoms with Gasteiger partial charge in [0, 0.05) is 12.5 Å². The van der Waals surface area contributed by atoms with Gasteiger partial charge in [-0.1, -0.05) is 30.3 Å². The average Bonchev–Trinajstić information content (AvgIpc) is 2.20. The summed E-state index contributed by atoms with van der Waals surface area (Å²) >= 11 is 5.74. The smallest absolute Gasteiger partial charge is 0.322 e. The summed E-state index contributed by atoms with van der Waals surface area (Å²) in [5.41, 5.74) is 6.35. The molecular weight excluding hydrogens is 218 g/mol. The normalized spacial score (nSPS) is 13.7. The Kier molecular flexibility index (Phi) is 5.93. The first-order valence-electron chi connectivity index (χ1n) is 4.28. The maximum absolute atomic E-state index is 10.7. The molecule has 0 heterocycles. The maximum Gasteiger partial charge on any atom is 0.322 e. The second kappa shape index (κ2) is 6.40. The average molecular weight is 232 g/mol. The third-order valence-corrected chi connectivity index (χ3v) is 2.56. The van der Waals surface area contributed by atoms with Gasteiger partial charge in [0.1, 0.15) is 5.38 Å². The minimum atomic E-state index is -1.04. The van der Waals surface area contributed by atoms with Crippen molar-refractivity contribution in [2.45, 2.75) is 11.3 Å². The van der Waals surface area contributed by atoms with Crippen LogP contribution in [0.25, 0.3) is 0 Å². The SMILES string of the molecule is NCC(c1ccccc1)C(Cl)C(=O)O.O. The van der Waals surface area contributed by atoms with Gasteiger partial charge >= 0.3 is 5.97 Å². The molecular formula is C10H14ClNO3. The third-order valence-electron chi connectivity index (χ3n) is 2.07. The Morgan fingerprint density at radius 3 is 2.33 bits per heavy atom. The van der Waals surface area contributed by atoms with Crippen molar-refractivity contribution >= 4 is 17.6 Å². The number of hydrogen-bond donors (Lipinski definition) is 2. The summed E-state index contributed by atoms with van der Waals surface area (Å²) in [4.78, 5) is 10.7. The third kappa shape index (κ3) is 3.51. The van der Waals surface area contributed by atoms with Gasteiger partial charge in [0.05, 0.1) is 0 Å². The van der Waals surface area contributed by atoms with Gasteiger partial charge in [0.25, 0.3) is 0 Å². The first kappa shape index (κ1) is 13.9. The summed E-state index contributed by atoms with van der Waals surface area (Å²) in [6, 6.07) is 9.19. The molecule has 5 N–H and O–H groups in total. The number of rotatable bonds is 4. The van der Waals surface area contributed by atoms with Crippen molar-refractivity contribution in [2.75, 3.05) is 6.54 Å². The molecule has 1 aromatic rings. The molecule has 2 atom stereocenters. The first-order chi connectivity index (χ1) is 6.66. The highest BCUT2D eigenvalue weighted by Gasteiger charge is 2.25. The van der Waals surface area contributed by atoms with Crippen LogP contribution in [0.4, 0.5) is 0 Å². The lowest BCUT2D eigenvalue weighted by Gasteiger charge is -2.17. The van der Waals surface area contributed by atoms with Crippen LogP contribution in [0.2, 0.25) is 0 Å². The van der Waals surface area contributed by atoms with E-state index in [9.17, 15) is 4.79 Å². The minimum Gasteiger partial charge on any atom is -0.480 e. The second-order valence-corrected chi connectivity index (χ2v) is 3.46. The molecule has 1 rings (SSSR count). The van der Waals surface area contributed by atoms with E-state index in [1.807, 2.05) is 30.3 Å². The second-order valence-electron chi connectivity index (χ2n) is 2.99. The zero-order valence-corrected chi connectivity index (χ0v) is 8.82. The van der Waals surface area contributed by atoms with Gasteiger partial charge in [0.2, 0.25) is 0 Å². The largest absolute Gasteiger partial charge is 0.480 e. The van der Waals surface area contributed by atoms with Crippen molar-refractivity contribution in [1.82, 2.24) is 0 Å². The summed E-state index contributed by atoms with van der Waals surface area (Å²) in [5.74, 6) is -1.37. The molecule has 0 fully saturated rings. The fraction of sp³-hybridized carbons (Fsp3) is 0.300. The van der Waals surface area contributed by atoms with Gasteiger partial charge in [-0.25, -0.2) is 0 Å². The predicted molar refractivity (Wildman–Crippen MR) is 59.1 cm³/mol. The molecule has 84 valence electrons. The predicted octanol–water partition coefficient (Wildman–Crippen LogP) is 0.596. The van der Waals surface area contributed by atoms with Crippen LogP contribution in [-0.2, 0) is 4.79 Å². The highest BCUT2D eigenvalue weighted by atomic mass is 35.5. The van der Waals surface area contributed by atoms with Crippen molar-refractivity contribution in [3.63, 3.8) is 0 Å². The van der Waals surface area contributed by atoms with E-state index in [-0.39, 0.29) is 17.9 Å². The van der Waals surface area contributed by atoms with E-state index < -0.39 is 11.3 Å². The Labute approximate surface area is 93.0 Å². The van der Waals surface area contributed by atoms with Gasteiger partial charge in [-0.2, -0.15) is 0 Å². The van der Waals surface area contributed by atoms with E-state index in [1.165, 1.54) is 0 Å². The lowest BCUT2D eigenvalue weighted by Crippen LogP contribution is -2.28. The molecule has 0 radical (unpaired) electrons. The number of hydrogen-bond acceptors (Lipinski definition) is 2. The molecule has 0 aliphatic rings. The highest BCUT2D eigenvalue weighted by Crippen LogP contribution is 2.22. The van der Waals surface area contributed by atoms with Crippen molar-refractivity contribution in [2.24, 2.45) is 5.73 Å². The monoisotopic (exact) mass is 231 g/mol. The van der Waals surface area contributed by atoms with Crippen LogP contribution in [0.15, 0.2) is 30.3 Å². The molecule has 0 bridgehead atoms. The molecule has 0 aliphatic heterocycles. The summed E-state index contributed by atoms with van der Waals surface area (Å²) < 4.78 is 0. The van der Waals surface area contributed by atoms with Crippen LogP contribution in [-0.4, -0.2) is 28.5 Å². The molecule has 0 spiro atoms. The number of carbonyl (C=O) groups is 1.